The van der Waals surface area contributed by atoms with E-state index in [-0.39, 0.29) is 5.78 Å². The minimum Gasteiger partial charge on any atom is -0.497 e. The molecule has 0 aliphatic heterocycles. The molecule has 2 aromatic rings. The van der Waals surface area contributed by atoms with Crippen molar-refractivity contribution in [2.45, 2.75) is 6.42 Å². The van der Waals surface area contributed by atoms with E-state index in [0.29, 0.717) is 30.0 Å². The number of Topliss-reactive ketones (excluding diaryl/α,β-unsaturated/α-hetero) is 1. The van der Waals surface area contributed by atoms with Crippen molar-refractivity contribution in [1.29, 1.82) is 0 Å². The normalized spacial score (nSPS) is 10.0. The Kier molecular flexibility index (Phi) is 5.86. The van der Waals surface area contributed by atoms with Gasteiger partial charge >= 0.3 is 0 Å². The fraction of sp³-hybridized carbons (Fsp3) is 0.278. The average Bonchev–Trinajstić information content (AvgIpc) is 2.61. The van der Waals surface area contributed by atoms with Gasteiger partial charge in [-0.05, 0) is 36.4 Å². The van der Waals surface area contributed by atoms with Crippen molar-refractivity contribution < 1.29 is 19.0 Å². The van der Waals surface area contributed by atoms with Crippen LogP contribution in [0.4, 0.5) is 5.69 Å². The van der Waals surface area contributed by atoms with Crippen molar-refractivity contribution in [2.24, 2.45) is 0 Å². The molecule has 0 atom stereocenters. The number of ether oxygens (including phenoxy) is 3. The first-order valence-corrected chi connectivity index (χ1v) is 7.31. The third-order valence-corrected chi connectivity index (χ3v) is 3.48. The van der Waals surface area contributed by atoms with E-state index in [2.05, 4.69) is 5.32 Å². The summed E-state index contributed by atoms with van der Waals surface area (Å²) in [5.41, 5.74) is 1.56. The molecule has 5 nitrogen and oxygen atoms in total. The molecule has 2 aromatic carbocycles. The molecule has 0 aliphatic carbocycles. The number of carbonyl (C=O) groups is 1. The Balaban J connectivity index is 1.90. The van der Waals surface area contributed by atoms with Crippen LogP contribution in [0.3, 0.4) is 0 Å². The summed E-state index contributed by atoms with van der Waals surface area (Å²) < 4.78 is 15.5. The van der Waals surface area contributed by atoms with Gasteiger partial charge in [-0.1, -0.05) is 0 Å². The summed E-state index contributed by atoms with van der Waals surface area (Å²) in [7, 11) is 4.79. The Bertz CT molecular complexity index is 653. The van der Waals surface area contributed by atoms with E-state index in [0.717, 1.165) is 11.4 Å². The van der Waals surface area contributed by atoms with Gasteiger partial charge in [0.05, 0.1) is 21.3 Å². The van der Waals surface area contributed by atoms with E-state index in [1.807, 2.05) is 18.2 Å². The Morgan fingerprint density at radius 3 is 2.22 bits per heavy atom. The van der Waals surface area contributed by atoms with Crippen LogP contribution in [0.1, 0.15) is 16.8 Å². The Hall–Kier alpha value is -2.69. The van der Waals surface area contributed by atoms with Gasteiger partial charge < -0.3 is 19.5 Å². The molecule has 0 spiro atoms. The molecular formula is C18H21NO4. The van der Waals surface area contributed by atoms with E-state index >= 15 is 0 Å². The molecule has 0 heterocycles. The minimum atomic E-state index is 0.0839. The number of hydrogen-bond acceptors (Lipinski definition) is 5. The van der Waals surface area contributed by atoms with Crippen LogP contribution < -0.4 is 19.5 Å². The summed E-state index contributed by atoms with van der Waals surface area (Å²) in [6.45, 7) is 0.542. The van der Waals surface area contributed by atoms with Gasteiger partial charge in [0, 0.05) is 30.3 Å². The van der Waals surface area contributed by atoms with Crippen molar-refractivity contribution in [3.05, 3.63) is 48.0 Å². The average molecular weight is 315 g/mol. The SMILES string of the molecule is COc1ccc(C(=O)CCNc2ccc(OC)c(OC)c2)cc1. The summed E-state index contributed by atoms with van der Waals surface area (Å²) in [6, 6.07) is 12.7. The molecular weight excluding hydrogens is 294 g/mol. The second kappa shape index (κ2) is 8.08. The van der Waals surface area contributed by atoms with Gasteiger partial charge in [-0.2, -0.15) is 0 Å². The maximum absolute atomic E-state index is 12.1. The summed E-state index contributed by atoms with van der Waals surface area (Å²) in [6.07, 6.45) is 0.403. The van der Waals surface area contributed by atoms with Gasteiger partial charge in [-0.3, -0.25) is 4.79 Å². The highest BCUT2D eigenvalue weighted by Crippen LogP contribution is 2.29. The first-order chi connectivity index (χ1) is 11.2. The first-order valence-electron chi connectivity index (χ1n) is 7.31. The lowest BCUT2D eigenvalue weighted by molar-refractivity contribution is 0.0986. The van der Waals surface area contributed by atoms with Crippen molar-refractivity contribution in [2.75, 3.05) is 33.2 Å². The standard InChI is InChI=1S/C18H21NO4/c1-21-15-7-4-13(5-8-15)16(20)10-11-19-14-6-9-17(22-2)18(12-14)23-3/h4-9,12,19H,10-11H2,1-3H3. The lowest BCUT2D eigenvalue weighted by atomic mass is 10.1. The Morgan fingerprint density at radius 2 is 1.61 bits per heavy atom. The number of methoxy groups -OCH3 is 3. The van der Waals surface area contributed by atoms with Crippen molar-refractivity contribution >= 4 is 11.5 Å². The predicted molar refractivity (Wildman–Crippen MR) is 90.0 cm³/mol. The highest BCUT2D eigenvalue weighted by atomic mass is 16.5. The number of carbonyl (C=O) groups excluding carboxylic acids is 1. The van der Waals surface area contributed by atoms with E-state index < -0.39 is 0 Å². The monoisotopic (exact) mass is 315 g/mol. The third-order valence-electron chi connectivity index (χ3n) is 3.48. The number of anilines is 1. The highest BCUT2D eigenvalue weighted by Gasteiger charge is 2.07. The number of ketones is 1. The molecule has 0 amide bonds. The van der Waals surface area contributed by atoms with Crippen molar-refractivity contribution in [3.63, 3.8) is 0 Å². The zero-order valence-electron chi connectivity index (χ0n) is 13.6. The van der Waals surface area contributed by atoms with Gasteiger partial charge in [0.2, 0.25) is 0 Å². The van der Waals surface area contributed by atoms with Gasteiger partial charge in [-0.25, -0.2) is 0 Å². The number of benzene rings is 2. The topological polar surface area (TPSA) is 56.8 Å². The first kappa shape index (κ1) is 16.7. The molecule has 0 saturated heterocycles. The predicted octanol–water partition coefficient (Wildman–Crippen LogP) is 3.40. The van der Waals surface area contributed by atoms with Crippen LogP contribution in [0, 0.1) is 0 Å². The zero-order valence-corrected chi connectivity index (χ0v) is 13.6. The minimum absolute atomic E-state index is 0.0839. The number of rotatable bonds is 8. The van der Waals surface area contributed by atoms with Crippen LogP contribution in [0.2, 0.25) is 0 Å². The second-order valence-electron chi connectivity index (χ2n) is 4.90. The maximum atomic E-state index is 12.1. The summed E-state index contributed by atoms with van der Waals surface area (Å²) in [5.74, 6) is 2.15. The quantitative estimate of drug-likeness (QED) is 0.757. The zero-order chi connectivity index (χ0) is 16.7. The van der Waals surface area contributed by atoms with Crippen LogP contribution in [-0.2, 0) is 0 Å². The lowest BCUT2D eigenvalue weighted by Crippen LogP contribution is -2.09. The van der Waals surface area contributed by atoms with Crippen LogP contribution in [0.25, 0.3) is 0 Å². The molecule has 0 unspecified atom stereocenters. The molecule has 23 heavy (non-hydrogen) atoms. The third kappa shape index (κ3) is 4.39. The van der Waals surface area contributed by atoms with E-state index in [1.165, 1.54) is 0 Å². The molecule has 0 bridgehead atoms. The van der Waals surface area contributed by atoms with Gasteiger partial charge in [-0.15, -0.1) is 0 Å². The molecule has 1 N–H and O–H groups in total. The van der Waals surface area contributed by atoms with Crippen LogP contribution in [0.5, 0.6) is 17.2 Å². The lowest BCUT2D eigenvalue weighted by Gasteiger charge is -2.11. The van der Waals surface area contributed by atoms with Crippen LogP contribution in [-0.4, -0.2) is 33.7 Å². The van der Waals surface area contributed by atoms with E-state index in [1.54, 1.807) is 45.6 Å². The molecule has 2 rings (SSSR count). The summed E-state index contributed by atoms with van der Waals surface area (Å²) in [5, 5.41) is 3.21. The molecule has 0 radical (unpaired) electrons. The molecule has 0 saturated carbocycles. The molecule has 122 valence electrons. The van der Waals surface area contributed by atoms with Gasteiger partial charge in [0.1, 0.15) is 5.75 Å². The fourth-order valence-corrected chi connectivity index (χ4v) is 2.19. The summed E-state index contributed by atoms with van der Waals surface area (Å²) in [4.78, 5) is 12.1. The van der Waals surface area contributed by atoms with Crippen LogP contribution in [0.15, 0.2) is 42.5 Å². The van der Waals surface area contributed by atoms with Gasteiger partial charge in [0.25, 0.3) is 0 Å². The molecule has 0 aromatic heterocycles. The summed E-state index contributed by atoms with van der Waals surface area (Å²) >= 11 is 0. The number of hydrogen-bond donors (Lipinski definition) is 1. The Morgan fingerprint density at radius 1 is 0.913 bits per heavy atom. The molecule has 0 fully saturated rings. The molecule has 5 heteroatoms. The molecule has 0 aliphatic rings. The maximum Gasteiger partial charge on any atom is 0.164 e. The van der Waals surface area contributed by atoms with Crippen LogP contribution >= 0.6 is 0 Å². The Labute approximate surface area is 136 Å². The van der Waals surface area contributed by atoms with E-state index in [4.69, 9.17) is 14.2 Å². The smallest absolute Gasteiger partial charge is 0.164 e. The van der Waals surface area contributed by atoms with Crippen molar-refractivity contribution in [1.82, 2.24) is 0 Å². The van der Waals surface area contributed by atoms with Crippen molar-refractivity contribution in [3.8, 4) is 17.2 Å². The highest BCUT2D eigenvalue weighted by molar-refractivity contribution is 5.96. The fourth-order valence-electron chi connectivity index (χ4n) is 2.19. The van der Waals surface area contributed by atoms with Gasteiger partial charge in [0.15, 0.2) is 17.3 Å². The van der Waals surface area contributed by atoms with E-state index in [9.17, 15) is 4.79 Å². The number of nitrogens with one attached hydrogen (secondary N) is 1. The second-order valence-corrected chi connectivity index (χ2v) is 4.90. The largest absolute Gasteiger partial charge is 0.497 e.